The Kier molecular flexibility index (Phi) is 3.58. The van der Waals surface area contributed by atoms with Crippen LogP contribution >= 0.6 is 11.6 Å². The second-order valence-corrected chi connectivity index (χ2v) is 4.39. The van der Waals surface area contributed by atoms with Crippen LogP contribution in [0.5, 0.6) is 0 Å². The van der Waals surface area contributed by atoms with Crippen LogP contribution in [0.25, 0.3) is 0 Å². The molecule has 0 fully saturated rings. The quantitative estimate of drug-likeness (QED) is 0.846. The topological polar surface area (TPSA) is 54.9 Å². The predicted octanol–water partition coefficient (Wildman–Crippen LogP) is 3.00. The molecule has 0 bridgehead atoms. The Morgan fingerprint density at radius 3 is 2.67 bits per heavy atom. The van der Waals surface area contributed by atoms with E-state index in [2.05, 4.69) is 15.3 Å². The van der Waals surface area contributed by atoms with Crippen LogP contribution < -0.4 is 5.32 Å². The molecule has 18 heavy (non-hydrogen) atoms. The van der Waals surface area contributed by atoms with E-state index >= 15 is 0 Å². The highest BCUT2D eigenvalue weighted by Crippen LogP contribution is 2.16. The lowest BCUT2D eigenvalue weighted by atomic mass is 10.2. The van der Waals surface area contributed by atoms with Gasteiger partial charge < -0.3 is 5.32 Å². The van der Waals surface area contributed by atoms with E-state index < -0.39 is 0 Å². The number of amides is 1. The van der Waals surface area contributed by atoms with Crippen molar-refractivity contribution < 1.29 is 4.79 Å². The predicted molar refractivity (Wildman–Crippen MR) is 70.9 cm³/mol. The fourth-order valence-electron chi connectivity index (χ4n) is 1.51. The number of rotatable bonds is 2. The van der Waals surface area contributed by atoms with Gasteiger partial charge in [0.1, 0.15) is 5.15 Å². The molecule has 92 valence electrons. The lowest BCUT2D eigenvalue weighted by Crippen LogP contribution is -2.12. The number of hydrogen-bond acceptors (Lipinski definition) is 3. The van der Waals surface area contributed by atoms with Crippen molar-refractivity contribution in [2.45, 2.75) is 13.8 Å². The van der Waals surface area contributed by atoms with E-state index in [4.69, 9.17) is 11.6 Å². The highest BCUT2D eigenvalue weighted by Gasteiger charge is 2.07. The zero-order valence-corrected chi connectivity index (χ0v) is 10.8. The van der Waals surface area contributed by atoms with Crippen LogP contribution in [0.4, 0.5) is 5.69 Å². The molecule has 0 unspecified atom stereocenters. The fourth-order valence-corrected chi connectivity index (χ4v) is 1.61. The monoisotopic (exact) mass is 261 g/mol. The van der Waals surface area contributed by atoms with E-state index in [0.29, 0.717) is 16.4 Å². The molecule has 0 saturated heterocycles. The second-order valence-electron chi connectivity index (χ2n) is 4.04. The molecule has 2 heterocycles. The summed E-state index contributed by atoms with van der Waals surface area (Å²) in [4.78, 5) is 19.9. The Morgan fingerprint density at radius 1 is 1.22 bits per heavy atom. The van der Waals surface area contributed by atoms with E-state index in [0.717, 1.165) is 11.1 Å². The smallest absolute Gasteiger partial charge is 0.257 e. The van der Waals surface area contributed by atoms with Crippen LogP contribution in [0, 0.1) is 13.8 Å². The average molecular weight is 262 g/mol. The number of carbonyl (C=O) groups excluding carboxylic acids is 1. The summed E-state index contributed by atoms with van der Waals surface area (Å²) in [5.41, 5.74) is 2.89. The van der Waals surface area contributed by atoms with Gasteiger partial charge in [0.15, 0.2) is 0 Å². The van der Waals surface area contributed by atoms with Gasteiger partial charge in [-0.1, -0.05) is 11.6 Å². The molecule has 0 aromatic carbocycles. The minimum absolute atomic E-state index is 0.213. The number of hydrogen-bond donors (Lipinski definition) is 1. The van der Waals surface area contributed by atoms with Crippen molar-refractivity contribution >= 4 is 23.2 Å². The first-order valence-electron chi connectivity index (χ1n) is 5.41. The van der Waals surface area contributed by atoms with Gasteiger partial charge in [-0.05, 0) is 37.1 Å². The first-order valence-corrected chi connectivity index (χ1v) is 5.79. The van der Waals surface area contributed by atoms with E-state index in [9.17, 15) is 4.79 Å². The highest BCUT2D eigenvalue weighted by atomic mass is 35.5. The summed E-state index contributed by atoms with van der Waals surface area (Å²) in [5.74, 6) is -0.213. The van der Waals surface area contributed by atoms with Crippen molar-refractivity contribution in [2.24, 2.45) is 0 Å². The molecule has 2 aromatic heterocycles. The van der Waals surface area contributed by atoms with Gasteiger partial charge >= 0.3 is 0 Å². The fraction of sp³-hybridized carbons (Fsp3) is 0.154. The summed E-state index contributed by atoms with van der Waals surface area (Å²) in [5, 5.41) is 3.19. The molecule has 0 aliphatic heterocycles. The summed E-state index contributed by atoms with van der Waals surface area (Å²) in [6, 6.07) is 3.55. The molecule has 0 spiro atoms. The number of anilines is 1. The van der Waals surface area contributed by atoms with E-state index in [-0.39, 0.29) is 5.91 Å². The number of nitrogens with zero attached hydrogens (tertiary/aromatic N) is 2. The lowest BCUT2D eigenvalue weighted by Gasteiger charge is -2.06. The Bertz CT molecular complexity index is 599. The molecule has 4 nitrogen and oxygen atoms in total. The summed E-state index contributed by atoms with van der Waals surface area (Å²) in [6.07, 6.45) is 4.75. The van der Waals surface area contributed by atoms with Gasteiger partial charge in [0, 0.05) is 12.4 Å². The molecule has 1 amide bonds. The molecular formula is C13H12ClN3O. The Labute approximate surface area is 110 Å². The van der Waals surface area contributed by atoms with Gasteiger partial charge in [0.05, 0.1) is 17.4 Å². The molecule has 5 heteroatoms. The van der Waals surface area contributed by atoms with Gasteiger partial charge in [-0.3, -0.25) is 9.78 Å². The van der Waals surface area contributed by atoms with Gasteiger partial charge in [-0.2, -0.15) is 0 Å². The maximum absolute atomic E-state index is 12.0. The van der Waals surface area contributed by atoms with Crippen LogP contribution in [0.3, 0.4) is 0 Å². The Balaban J connectivity index is 2.18. The highest BCUT2D eigenvalue weighted by molar-refractivity contribution is 6.30. The van der Waals surface area contributed by atoms with Crippen LogP contribution in [-0.2, 0) is 0 Å². The van der Waals surface area contributed by atoms with Gasteiger partial charge in [-0.15, -0.1) is 0 Å². The third-order valence-corrected chi connectivity index (χ3v) is 2.81. The van der Waals surface area contributed by atoms with Crippen LogP contribution in [0.15, 0.2) is 30.7 Å². The Hall–Kier alpha value is -1.94. The number of nitrogens with one attached hydrogen (secondary N) is 1. The second kappa shape index (κ2) is 5.14. The molecule has 0 atom stereocenters. The first kappa shape index (κ1) is 12.5. The molecule has 0 aliphatic rings. The summed E-state index contributed by atoms with van der Waals surface area (Å²) >= 11 is 5.82. The maximum Gasteiger partial charge on any atom is 0.257 e. The van der Waals surface area contributed by atoms with Crippen molar-refractivity contribution in [2.75, 3.05) is 5.32 Å². The molecular weight excluding hydrogens is 250 g/mol. The number of aromatic nitrogens is 2. The van der Waals surface area contributed by atoms with Crippen molar-refractivity contribution in [3.05, 3.63) is 52.6 Å². The maximum atomic E-state index is 12.0. The van der Waals surface area contributed by atoms with Crippen molar-refractivity contribution in [3.63, 3.8) is 0 Å². The molecule has 0 saturated carbocycles. The zero-order chi connectivity index (χ0) is 13.1. The van der Waals surface area contributed by atoms with Gasteiger partial charge in [0.2, 0.25) is 0 Å². The van der Waals surface area contributed by atoms with E-state index in [1.54, 1.807) is 18.3 Å². The van der Waals surface area contributed by atoms with Crippen LogP contribution in [0.2, 0.25) is 5.15 Å². The van der Waals surface area contributed by atoms with Crippen molar-refractivity contribution in [1.82, 2.24) is 9.97 Å². The molecule has 2 rings (SSSR count). The zero-order valence-electron chi connectivity index (χ0n) is 10.1. The van der Waals surface area contributed by atoms with Crippen molar-refractivity contribution in [1.29, 1.82) is 0 Å². The average Bonchev–Trinajstić information content (AvgIpc) is 2.34. The van der Waals surface area contributed by atoms with Crippen LogP contribution in [0.1, 0.15) is 21.5 Å². The molecule has 2 aromatic rings. The third kappa shape index (κ3) is 2.84. The Morgan fingerprint density at radius 2 is 2.00 bits per heavy atom. The van der Waals surface area contributed by atoms with E-state index in [1.807, 2.05) is 13.8 Å². The SMILES string of the molecule is Cc1cncc(C(=O)Nc2cnc(Cl)c(C)c2)c1. The normalized spacial score (nSPS) is 10.2. The molecule has 0 radical (unpaired) electrons. The number of carbonyl (C=O) groups is 1. The molecule has 0 aliphatic carbocycles. The number of aryl methyl sites for hydroxylation is 2. The lowest BCUT2D eigenvalue weighted by molar-refractivity contribution is 0.102. The summed E-state index contributed by atoms with van der Waals surface area (Å²) < 4.78 is 0. The minimum Gasteiger partial charge on any atom is -0.321 e. The first-order chi connectivity index (χ1) is 8.56. The third-order valence-electron chi connectivity index (χ3n) is 2.41. The summed E-state index contributed by atoms with van der Waals surface area (Å²) in [7, 11) is 0. The largest absolute Gasteiger partial charge is 0.321 e. The van der Waals surface area contributed by atoms with E-state index in [1.165, 1.54) is 12.4 Å². The number of halogens is 1. The standard InChI is InChI=1S/C13H12ClN3O/c1-8-3-10(6-15-5-8)13(18)17-11-4-9(2)12(14)16-7-11/h3-7H,1-2H3,(H,17,18). The summed E-state index contributed by atoms with van der Waals surface area (Å²) in [6.45, 7) is 3.72. The van der Waals surface area contributed by atoms with Crippen LogP contribution in [-0.4, -0.2) is 15.9 Å². The minimum atomic E-state index is -0.213. The molecule has 1 N–H and O–H groups in total. The van der Waals surface area contributed by atoms with Gasteiger partial charge in [0.25, 0.3) is 5.91 Å². The van der Waals surface area contributed by atoms with Gasteiger partial charge in [-0.25, -0.2) is 4.98 Å². The number of pyridine rings is 2. The van der Waals surface area contributed by atoms with Crippen molar-refractivity contribution in [3.8, 4) is 0 Å².